The summed E-state index contributed by atoms with van der Waals surface area (Å²) in [5.41, 5.74) is 1.04. The minimum atomic E-state index is 0.192. The third-order valence-electron chi connectivity index (χ3n) is 14.8. The molecule has 0 aromatic carbocycles. The smallest absolute Gasteiger partial charge is 0.216 e. The molecule has 6 aliphatic carbocycles. The van der Waals surface area contributed by atoms with Gasteiger partial charge in [-0.15, -0.1) is 0 Å². The Morgan fingerprint density at radius 2 is 1.23 bits per heavy atom. The number of hydrogen-bond acceptors (Lipinski definition) is 3. The molecule has 0 spiro atoms. The van der Waals surface area contributed by atoms with E-state index in [4.69, 9.17) is 10.8 Å². The fourth-order valence-corrected chi connectivity index (χ4v) is 10.8. The number of nitrogens with one attached hydrogen (secondary N) is 2. The summed E-state index contributed by atoms with van der Waals surface area (Å²) >= 11 is 0. The van der Waals surface area contributed by atoms with Crippen molar-refractivity contribution >= 4 is 11.9 Å². The molecule has 6 rings (SSSR count). The Labute approximate surface area is 245 Å². The molecule has 4 N–H and O–H groups in total. The molecule has 6 saturated carbocycles. The molecule has 6 heteroatoms. The highest BCUT2D eigenvalue weighted by atomic mass is 15.6. The standard InChI is InChI=1S/C34H60N6/c1-31(2)23-17-19-33(31,5)27(21-23)37-30(38-28-22-24-18-20-34(28,6)32(24,3)4)40(36)29(35)39(25-13-9-7-10-14-25)26-15-11-8-12-16-26/h23-28,35H,7-22,36H2,1-6H3,(H,37,38). The second kappa shape index (κ2) is 10.2. The normalized spacial score (nSPS) is 40.9. The minimum Gasteiger partial charge on any atom is -0.351 e. The van der Waals surface area contributed by atoms with Crippen LogP contribution in [-0.2, 0) is 0 Å². The van der Waals surface area contributed by atoms with E-state index in [0.717, 1.165) is 24.2 Å². The van der Waals surface area contributed by atoms with Crippen molar-refractivity contribution in [3.8, 4) is 0 Å². The van der Waals surface area contributed by atoms with Gasteiger partial charge in [0.1, 0.15) is 0 Å². The van der Waals surface area contributed by atoms with Gasteiger partial charge < -0.3 is 10.2 Å². The largest absolute Gasteiger partial charge is 0.351 e. The van der Waals surface area contributed by atoms with Crippen LogP contribution in [0.4, 0.5) is 0 Å². The maximum Gasteiger partial charge on any atom is 0.216 e. The van der Waals surface area contributed by atoms with Crippen LogP contribution in [0, 0.1) is 38.9 Å². The molecule has 6 nitrogen and oxygen atoms in total. The highest BCUT2D eigenvalue weighted by Crippen LogP contribution is 2.67. The van der Waals surface area contributed by atoms with Gasteiger partial charge in [0.05, 0.1) is 6.04 Å². The zero-order valence-corrected chi connectivity index (χ0v) is 26.7. The van der Waals surface area contributed by atoms with Gasteiger partial charge in [0.2, 0.25) is 11.9 Å². The maximum absolute atomic E-state index is 9.67. The van der Waals surface area contributed by atoms with Crippen molar-refractivity contribution in [2.24, 2.45) is 44.3 Å². The van der Waals surface area contributed by atoms with Gasteiger partial charge in [0, 0.05) is 18.1 Å². The van der Waals surface area contributed by atoms with Crippen molar-refractivity contribution in [1.29, 1.82) is 5.41 Å². The Morgan fingerprint density at radius 1 is 0.725 bits per heavy atom. The van der Waals surface area contributed by atoms with Crippen LogP contribution in [0.5, 0.6) is 0 Å². The molecule has 0 amide bonds. The Kier molecular flexibility index (Phi) is 7.31. The number of guanidine groups is 2. The van der Waals surface area contributed by atoms with Crippen LogP contribution in [0.1, 0.15) is 144 Å². The first-order chi connectivity index (χ1) is 18.9. The lowest BCUT2D eigenvalue weighted by atomic mass is 9.69. The van der Waals surface area contributed by atoms with Gasteiger partial charge in [-0.3, -0.25) is 5.41 Å². The highest BCUT2D eigenvalue weighted by Gasteiger charge is 2.63. The number of fused-ring (bicyclic) bond motifs is 4. The molecule has 6 atom stereocenters. The fraction of sp³-hybridized carbons (Fsp3) is 0.941. The zero-order chi connectivity index (χ0) is 28.5. The van der Waals surface area contributed by atoms with Crippen LogP contribution < -0.4 is 11.2 Å². The van der Waals surface area contributed by atoms with Crippen molar-refractivity contribution in [3.05, 3.63) is 0 Å². The molecule has 40 heavy (non-hydrogen) atoms. The van der Waals surface area contributed by atoms with Crippen LogP contribution in [0.25, 0.3) is 0 Å². The van der Waals surface area contributed by atoms with E-state index in [-0.39, 0.29) is 16.9 Å². The summed E-state index contributed by atoms with van der Waals surface area (Å²) in [7, 11) is 0. The Balaban J connectivity index is 1.32. The van der Waals surface area contributed by atoms with Gasteiger partial charge in [-0.05, 0) is 97.7 Å². The summed E-state index contributed by atoms with van der Waals surface area (Å²) in [6.07, 6.45) is 20.1. The maximum atomic E-state index is 9.67. The molecule has 6 aliphatic rings. The van der Waals surface area contributed by atoms with E-state index in [1.807, 2.05) is 0 Å². The van der Waals surface area contributed by atoms with Crippen molar-refractivity contribution in [1.82, 2.24) is 15.2 Å². The Hall–Kier alpha value is -1.30. The number of hydrazine groups is 1. The molecule has 4 bridgehead atoms. The summed E-state index contributed by atoms with van der Waals surface area (Å²) < 4.78 is 0. The summed E-state index contributed by atoms with van der Waals surface area (Å²) in [5.74, 6) is 9.88. The van der Waals surface area contributed by atoms with Gasteiger partial charge in [0.25, 0.3) is 0 Å². The summed E-state index contributed by atoms with van der Waals surface area (Å²) in [4.78, 5) is 8.05. The van der Waals surface area contributed by atoms with Gasteiger partial charge in [-0.25, -0.2) is 15.8 Å². The van der Waals surface area contributed by atoms with Crippen molar-refractivity contribution in [3.63, 3.8) is 0 Å². The van der Waals surface area contributed by atoms with Crippen LogP contribution in [0.2, 0.25) is 0 Å². The lowest BCUT2D eigenvalue weighted by Gasteiger charge is -2.46. The molecule has 6 fully saturated rings. The summed E-state index contributed by atoms with van der Waals surface area (Å²) in [5, 5.41) is 15.4. The molecule has 0 saturated heterocycles. The average molecular weight is 553 g/mol. The first-order valence-corrected chi connectivity index (χ1v) is 17.2. The van der Waals surface area contributed by atoms with Crippen molar-refractivity contribution in [2.75, 3.05) is 0 Å². The van der Waals surface area contributed by atoms with E-state index < -0.39 is 0 Å². The molecule has 0 radical (unpaired) electrons. The third kappa shape index (κ3) is 4.27. The molecule has 226 valence electrons. The van der Waals surface area contributed by atoms with Gasteiger partial charge in [0.15, 0.2) is 0 Å². The average Bonchev–Trinajstić information content (AvgIpc) is 3.46. The Morgan fingerprint density at radius 3 is 1.65 bits per heavy atom. The minimum absolute atomic E-state index is 0.192. The monoisotopic (exact) mass is 552 g/mol. The topological polar surface area (TPSA) is 80.7 Å². The van der Waals surface area contributed by atoms with Gasteiger partial charge in [-0.2, -0.15) is 0 Å². The predicted molar refractivity (Wildman–Crippen MR) is 166 cm³/mol. The van der Waals surface area contributed by atoms with E-state index in [0.29, 0.717) is 34.9 Å². The quantitative estimate of drug-likeness (QED) is 0.147. The van der Waals surface area contributed by atoms with E-state index in [2.05, 4.69) is 51.8 Å². The van der Waals surface area contributed by atoms with Crippen LogP contribution in [0.3, 0.4) is 0 Å². The van der Waals surface area contributed by atoms with E-state index in [1.54, 1.807) is 5.01 Å². The molecule has 0 heterocycles. The number of nitrogens with zero attached hydrogens (tertiary/aromatic N) is 3. The number of nitrogens with two attached hydrogens (primary N) is 1. The lowest BCUT2D eigenvalue weighted by molar-refractivity contribution is 0.124. The first kappa shape index (κ1) is 28.8. The number of rotatable bonds is 4. The SMILES string of the molecule is CC1(C)C2CCC1(C)C(N=C(NC1CC3CCC1(C)C3(C)C)N(N)C(=N)N(C1CCCCC1)C1CCCCC1)C2. The third-order valence-corrected chi connectivity index (χ3v) is 14.8. The lowest BCUT2D eigenvalue weighted by Crippen LogP contribution is -2.62. The van der Waals surface area contributed by atoms with Crippen LogP contribution in [0.15, 0.2) is 4.99 Å². The molecular weight excluding hydrogens is 492 g/mol. The van der Waals surface area contributed by atoms with Gasteiger partial charge >= 0.3 is 0 Å². The molecule has 0 aliphatic heterocycles. The molecule has 0 aromatic rings. The van der Waals surface area contributed by atoms with E-state index in [1.165, 1.54) is 96.3 Å². The second-order valence-electron chi connectivity index (χ2n) is 16.6. The van der Waals surface area contributed by atoms with Crippen molar-refractivity contribution in [2.45, 2.75) is 168 Å². The van der Waals surface area contributed by atoms with Crippen LogP contribution >= 0.6 is 0 Å². The summed E-state index contributed by atoms with van der Waals surface area (Å²) in [6, 6.07) is 1.50. The zero-order valence-electron chi connectivity index (χ0n) is 26.7. The van der Waals surface area contributed by atoms with E-state index >= 15 is 0 Å². The van der Waals surface area contributed by atoms with Gasteiger partial charge in [-0.1, -0.05) is 80.1 Å². The summed E-state index contributed by atoms with van der Waals surface area (Å²) in [6.45, 7) is 14.9. The second-order valence-corrected chi connectivity index (χ2v) is 16.6. The molecule has 0 aromatic heterocycles. The fourth-order valence-electron chi connectivity index (χ4n) is 10.8. The van der Waals surface area contributed by atoms with E-state index in [9.17, 15) is 5.41 Å². The number of hydrogen-bond donors (Lipinski definition) is 3. The predicted octanol–water partition coefficient (Wildman–Crippen LogP) is 7.44. The highest BCUT2D eigenvalue weighted by molar-refractivity contribution is 5.97. The molecule has 6 unspecified atom stereocenters. The number of aliphatic imine (C=N–C) groups is 1. The Bertz CT molecular complexity index is 972. The van der Waals surface area contributed by atoms with Crippen LogP contribution in [-0.4, -0.2) is 46.0 Å². The first-order valence-electron chi connectivity index (χ1n) is 17.2. The van der Waals surface area contributed by atoms with Crippen molar-refractivity contribution < 1.29 is 0 Å². The molecular formula is C34H60N6.